The lowest BCUT2D eigenvalue weighted by Gasteiger charge is -2.10. The average Bonchev–Trinajstić information content (AvgIpc) is 2.64. The van der Waals surface area contributed by atoms with Gasteiger partial charge in [-0.3, -0.25) is 4.79 Å². The summed E-state index contributed by atoms with van der Waals surface area (Å²) in [5, 5.41) is 3.55. The van der Waals surface area contributed by atoms with E-state index < -0.39 is 0 Å². The summed E-state index contributed by atoms with van der Waals surface area (Å²) in [5.74, 6) is 0.481. The molecule has 4 nitrogen and oxygen atoms in total. The van der Waals surface area contributed by atoms with Gasteiger partial charge < -0.3 is 10.1 Å². The fourth-order valence-electron chi connectivity index (χ4n) is 2.16. The fourth-order valence-corrected chi connectivity index (χ4v) is 3.30. The lowest BCUT2D eigenvalue weighted by atomic mass is 10.2. The molecule has 0 aliphatic heterocycles. The fraction of sp³-hybridized carbons (Fsp3) is 0.0526. The molecular weight excluding hydrogens is 400 g/mol. The largest absolute Gasteiger partial charge is 0.497 e. The Morgan fingerprint density at radius 1 is 1.12 bits per heavy atom. The Morgan fingerprint density at radius 2 is 1.92 bits per heavy atom. The zero-order valence-corrected chi connectivity index (χ0v) is 15.8. The molecular formula is C19H15BrN2O2S. The van der Waals surface area contributed by atoms with Crippen molar-refractivity contribution in [3.05, 3.63) is 76.9 Å². The van der Waals surface area contributed by atoms with Crippen LogP contribution in [0.2, 0.25) is 0 Å². The maximum atomic E-state index is 12.7. The summed E-state index contributed by atoms with van der Waals surface area (Å²) in [6.45, 7) is 0. The second-order valence-electron chi connectivity index (χ2n) is 5.10. The van der Waals surface area contributed by atoms with Gasteiger partial charge in [0.05, 0.1) is 12.7 Å². The Hall–Kier alpha value is -2.31. The van der Waals surface area contributed by atoms with Gasteiger partial charge in [-0.2, -0.15) is 0 Å². The Labute approximate surface area is 158 Å². The summed E-state index contributed by atoms with van der Waals surface area (Å²) in [6.07, 6.45) is 1.68. The highest BCUT2D eigenvalue weighted by Gasteiger charge is 2.14. The number of methoxy groups -OCH3 is 1. The van der Waals surface area contributed by atoms with Crippen LogP contribution in [0.3, 0.4) is 0 Å². The number of hydrogen-bond acceptors (Lipinski definition) is 4. The number of hydrogen-bond donors (Lipinski definition) is 1. The second kappa shape index (κ2) is 8.18. The van der Waals surface area contributed by atoms with Gasteiger partial charge in [0, 0.05) is 27.3 Å². The summed E-state index contributed by atoms with van der Waals surface area (Å²) in [5.41, 5.74) is 1.20. The van der Waals surface area contributed by atoms with Crippen molar-refractivity contribution in [3.8, 4) is 5.75 Å². The smallest absolute Gasteiger partial charge is 0.258 e. The second-order valence-corrected chi connectivity index (χ2v) is 7.08. The molecule has 1 heterocycles. The molecule has 2 aromatic carbocycles. The maximum absolute atomic E-state index is 12.7. The first-order valence-corrected chi connectivity index (χ1v) is 9.10. The van der Waals surface area contributed by atoms with E-state index in [1.54, 1.807) is 31.5 Å². The molecule has 0 bridgehead atoms. The number of carbonyl (C=O) groups excluding carboxylic acids is 1. The van der Waals surface area contributed by atoms with Crippen LogP contribution in [0.5, 0.6) is 5.75 Å². The van der Waals surface area contributed by atoms with Gasteiger partial charge in [0.2, 0.25) is 0 Å². The SMILES string of the molecule is COc1cccc(NC(=O)c2cccnc2Sc2ccc(Br)cc2)c1. The molecule has 0 radical (unpaired) electrons. The zero-order chi connectivity index (χ0) is 17.6. The number of nitrogens with zero attached hydrogens (tertiary/aromatic N) is 1. The van der Waals surface area contributed by atoms with Crippen LogP contribution in [-0.2, 0) is 0 Å². The van der Waals surface area contributed by atoms with Crippen molar-refractivity contribution in [1.82, 2.24) is 4.98 Å². The molecule has 25 heavy (non-hydrogen) atoms. The minimum atomic E-state index is -0.207. The van der Waals surface area contributed by atoms with Crippen molar-refractivity contribution in [3.63, 3.8) is 0 Å². The first kappa shape index (κ1) is 17.5. The normalized spacial score (nSPS) is 10.3. The molecule has 1 aromatic heterocycles. The number of pyridine rings is 1. The van der Waals surface area contributed by atoms with Gasteiger partial charge in [0.15, 0.2) is 0 Å². The third kappa shape index (κ3) is 4.61. The van der Waals surface area contributed by atoms with Gasteiger partial charge >= 0.3 is 0 Å². The van der Waals surface area contributed by atoms with E-state index in [-0.39, 0.29) is 5.91 Å². The molecule has 0 saturated heterocycles. The van der Waals surface area contributed by atoms with Gasteiger partial charge in [0.1, 0.15) is 10.8 Å². The van der Waals surface area contributed by atoms with Crippen LogP contribution in [0, 0.1) is 0 Å². The molecule has 6 heteroatoms. The zero-order valence-electron chi connectivity index (χ0n) is 13.4. The van der Waals surface area contributed by atoms with Gasteiger partial charge in [-0.15, -0.1) is 0 Å². The van der Waals surface area contributed by atoms with Crippen LogP contribution >= 0.6 is 27.7 Å². The molecule has 0 fully saturated rings. The number of carbonyl (C=O) groups is 1. The van der Waals surface area contributed by atoms with Crippen molar-refractivity contribution in [2.45, 2.75) is 9.92 Å². The maximum Gasteiger partial charge on any atom is 0.258 e. The van der Waals surface area contributed by atoms with Crippen LogP contribution in [-0.4, -0.2) is 18.0 Å². The van der Waals surface area contributed by atoms with E-state index in [1.807, 2.05) is 42.5 Å². The van der Waals surface area contributed by atoms with Crippen LogP contribution in [0.25, 0.3) is 0 Å². The average molecular weight is 415 g/mol. The summed E-state index contributed by atoms with van der Waals surface area (Å²) < 4.78 is 6.19. The van der Waals surface area contributed by atoms with E-state index in [1.165, 1.54) is 11.8 Å². The van der Waals surface area contributed by atoms with Crippen molar-refractivity contribution >= 4 is 39.3 Å². The molecule has 0 aliphatic carbocycles. The number of rotatable bonds is 5. The van der Waals surface area contributed by atoms with Crippen LogP contribution in [0.1, 0.15) is 10.4 Å². The van der Waals surface area contributed by atoms with Gasteiger partial charge in [-0.05, 0) is 48.5 Å². The molecule has 1 N–H and O–H groups in total. The summed E-state index contributed by atoms with van der Waals surface area (Å²) >= 11 is 4.87. The van der Waals surface area contributed by atoms with Crippen LogP contribution < -0.4 is 10.1 Å². The molecule has 0 unspecified atom stereocenters. The molecule has 0 aliphatic rings. The van der Waals surface area contributed by atoms with E-state index >= 15 is 0 Å². The van der Waals surface area contributed by atoms with E-state index in [9.17, 15) is 4.79 Å². The Kier molecular flexibility index (Phi) is 5.73. The minimum Gasteiger partial charge on any atom is -0.497 e. The van der Waals surface area contributed by atoms with Crippen molar-refractivity contribution in [2.24, 2.45) is 0 Å². The molecule has 3 rings (SSSR count). The minimum absolute atomic E-state index is 0.207. The van der Waals surface area contributed by atoms with Crippen molar-refractivity contribution < 1.29 is 9.53 Å². The highest BCUT2D eigenvalue weighted by Crippen LogP contribution is 2.30. The molecule has 126 valence electrons. The van der Waals surface area contributed by atoms with E-state index in [2.05, 4.69) is 26.2 Å². The van der Waals surface area contributed by atoms with Crippen molar-refractivity contribution in [1.29, 1.82) is 0 Å². The standard InChI is InChI=1S/C19H15BrN2O2S/c1-24-15-5-2-4-14(12-15)22-18(23)17-6-3-11-21-19(17)25-16-9-7-13(20)8-10-16/h2-12H,1H3,(H,22,23). The van der Waals surface area contributed by atoms with Gasteiger partial charge in [-0.1, -0.05) is 33.8 Å². The van der Waals surface area contributed by atoms with Gasteiger partial charge in [0.25, 0.3) is 5.91 Å². The number of benzene rings is 2. The summed E-state index contributed by atoms with van der Waals surface area (Å²) in [4.78, 5) is 18.0. The van der Waals surface area contributed by atoms with Gasteiger partial charge in [-0.25, -0.2) is 4.98 Å². The Balaban J connectivity index is 1.81. The summed E-state index contributed by atoms with van der Waals surface area (Å²) in [7, 11) is 1.59. The lowest BCUT2D eigenvalue weighted by molar-refractivity contribution is 0.102. The topological polar surface area (TPSA) is 51.2 Å². The van der Waals surface area contributed by atoms with E-state index in [4.69, 9.17) is 4.74 Å². The Morgan fingerprint density at radius 3 is 2.68 bits per heavy atom. The molecule has 3 aromatic rings. The number of anilines is 1. The predicted octanol–water partition coefficient (Wildman–Crippen LogP) is 5.26. The van der Waals surface area contributed by atoms with Crippen molar-refractivity contribution in [2.75, 3.05) is 12.4 Å². The number of halogens is 1. The highest BCUT2D eigenvalue weighted by atomic mass is 79.9. The molecule has 1 amide bonds. The van der Waals surface area contributed by atoms with E-state index in [0.717, 1.165) is 9.37 Å². The molecule has 0 saturated carbocycles. The molecule has 0 atom stereocenters. The lowest BCUT2D eigenvalue weighted by Crippen LogP contribution is -2.13. The number of amides is 1. The van der Waals surface area contributed by atoms with Crippen LogP contribution in [0.4, 0.5) is 5.69 Å². The van der Waals surface area contributed by atoms with E-state index in [0.29, 0.717) is 22.0 Å². The van der Waals surface area contributed by atoms with Crippen LogP contribution in [0.15, 0.2) is 81.3 Å². The highest BCUT2D eigenvalue weighted by molar-refractivity contribution is 9.10. The first-order valence-electron chi connectivity index (χ1n) is 7.49. The first-order chi connectivity index (χ1) is 12.2. The number of aromatic nitrogens is 1. The predicted molar refractivity (Wildman–Crippen MR) is 103 cm³/mol. The third-order valence-corrected chi connectivity index (χ3v) is 4.93. The Bertz CT molecular complexity index is 885. The quantitative estimate of drug-likeness (QED) is 0.618. The summed E-state index contributed by atoms with van der Waals surface area (Å²) in [6, 6.07) is 18.6. The molecule has 0 spiro atoms. The number of nitrogens with one attached hydrogen (secondary N) is 1. The third-order valence-electron chi connectivity index (χ3n) is 3.37. The monoisotopic (exact) mass is 414 g/mol. The number of ether oxygens (including phenoxy) is 1.